The second-order valence-corrected chi connectivity index (χ2v) is 11.7. The molecule has 1 fully saturated rings. The van der Waals surface area contributed by atoms with E-state index in [1.165, 1.54) is 37.7 Å². The minimum Gasteiger partial charge on any atom is -0.508 e. The Hall–Kier alpha value is -5.29. The average Bonchev–Trinajstić information content (AvgIpc) is 3.41. The first-order valence-corrected chi connectivity index (χ1v) is 15.4. The third kappa shape index (κ3) is 5.54. The van der Waals surface area contributed by atoms with Crippen molar-refractivity contribution in [3.05, 3.63) is 100 Å². The molecule has 7 rings (SSSR count). The number of nitrogens with two attached hydrogens (primary N) is 1. The van der Waals surface area contributed by atoms with E-state index in [1.54, 1.807) is 9.25 Å². The van der Waals surface area contributed by atoms with Gasteiger partial charge in [0.15, 0.2) is 5.65 Å². The number of rotatable bonds is 8. The molecular formula is C35H34FN7O3. The molecule has 1 aliphatic rings. The number of hydrogen-bond donors (Lipinski definition) is 2. The summed E-state index contributed by atoms with van der Waals surface area (Å²) in [6, 6.07) is 19.0. The molecule has 0 aliphatic carbocycles. The number of phenolic OH excluding ortho intramolecular Hbond substituents is 1. The van der Waals surface area contributed by atoms with Gasteiger partial charge < -0.3 is 15.6 Å². The number of aromatic hydroxyl groups is 1. The molecule has 0 radical (unpaired) electrons. The van der Waals surface area contributed by atoms with Gasteiger partial charge in [0.2, 0.25) is 0 Å². The zero-order chi connectivity index (χ0) is 31.8. The summed E-state index contributed by atoms with van der Waals surface area (Å²) < 4.78 is 24.0. The summed E-state index contributed by atoms with van der Waals surface area (Å²) in [6.45, 7) is 5.50. The number of nitrogen functional groups attached to an aromatic ring is 1. The number of pyridine rings is 1. The van der Waals surface area contributed by atoms with Crippen molar-refractivity contribution >= 4 is 27.6 Å². The first-order chi connectivity index (χ1) is 22.4. The van der Waals surface area contributed by atoms with Gasteiger partial charge in [-0.2, -0.15) is 5.10 Å². The van der Waals surface area contributed by atoms with Crippen LogP contribution in [0.3, 0.4) is 0 Å². The molecule has 0 spiro atoms. The molecule has 0 unspecified atom stereocenters. The van der Waals surface area contributed by atoms with Crippen molar-refractivity contribution < 1.29 is 14.2 Å². The van der Waals surface area contributed by atoms with Gasteiger partial charge in [-0.15, -0.1) is 0 Å². The van der Waals surface area contributed by atoms with E-state index in [9.17, 15) is 14.3 Å². The third-order valence-electron chi connectivity index (χ3n) is 8.58. The van der Waals surface area contributed by atoms with Gasteiger partial charge in [0.1, 0.15) is 41.8 Å². The van der Waals surface area contributed by atoms with Crippen molar-refractivity contribution in [2.75, 3.05) is 32.0 Å². The van der Waals surface area contributed by atoms with Crippen molar-refractivity contribution in [2.45, 2.75) is 32.7 Å². The highest BCUT2D eigenvalue weighted by atomic mass is 19.1. The number of likely N-dealkylation sites (tertiary alicyclic amines) is 1. The van der Waals surface area contributed by atoms with Crippen molar-refractivity contribution in [1.29, 1.82) is 0 Å². The summed E-state index contributed by atoms with van der Waals surface area (Å²) in [6.07, 6.45) is 5.01. The topological polar surface area (TPSA) is 124 Å². The molecule has 1 aliphatic heterocycles. The molecule has 1 saturated heterocycles. The van der Waals surface area contributed by atoms with Crippen molar-refractivity contribution in [3.8, 4) is 28.4 Å². The van der Waals surface area contributed by atoms with Crippen LogP contribution in [-0.4, -0.2) is 60.6 Å². The first-order valence-electron chi connectivity index (χ1n) is 15.4. The van der Waals surface area contributed by atoms with Crippen LogP contribution in [0.4, 0.5) is 10.2 Å². The molecule has 46 heavy (non-hydrogen) atoms. The number of aromatic nitrogens is 5. The van der Waals surface area contributed by atoms with Gasteiger partial charge in [-0.3, -0.25) is 14.3 Å². The van der Waals surface area contributed by atoms with Gasteiger partial charge in [0.25, 0.3) is 5.56 Å². The summed E-state index contributed by atoms with van der Waals surface area (Å²) >= 11 is 0. The summed E-state index contributed by atoms with van der Waals surface area (Å²) in [4.78, 5) is 25.4. The SMILES string of the molecule is Cc1cccc2cc(Cn3nc(-c4cc(O)cc(F)c4)c4c(N)ncnc43)n(-c3ccccc3OCCN3CCCCC3)c(=O)c12. The van der Waals surface area contributed by atoms with Crippen LogP contribution >= 0.6 is 0 Å². The largest absolute Gasteiger partial charge is 0.508 e. The van der Waals surface area contributed by atoms with E-state index in [0.717, 1.165) is 36.7 Å². The van der Waals surface area contributed by atoms with E-state index in [4.69, 9.17) is 15.6 Å². The molecule has 3 aromatic heterocycles. The summed E-state index contributed by atoms with van der Waals surface area (Å²) in [5.41, 5.74) is 9.27. The summed E-state index contributed by atoms with van der Waals surface area (Å²) in [7, 11) is 0. The fourth-order valence-corrected chi connectivity index (χ4v) is 6.41. The number of anilines is 1. The van der Waals surface area contributed by atoms with Crippen LogP contribution in [0.2, 0.25) is 0 Å². The number of aryl methyl sites for hydroxylation is 1. The van der Waals surface area contributed by atoms with Crippen LogP contribution in [0.25, 0.3) is 38.8 Å². The monoisotopic (exact) mass is 619 g/mol. The highest BCUT2D eigenvalue weighted by Crippen LogP contribution is 2.33. The van der Waals surface area contributed by atoms with E-state index in [-0.39, 0.29) is 23.7 Å². The van der Waals surface area contributed by atoms with E-state index >= 15 is 0 Å². The Morgan fingerprint density at radius 2 is 1.80 bits per heavy atom. The maximum atomic E-state index is 14.4. The fraction of sp³-hybridized carbons (Fsp3) is 0.257. The third-order valence-corrected chi connectivity index (χ3v) is 8.58. The zero-order valence-corrected chi connectivity index (χ0v) is 25.5. The number of halogens is 1. The standard InChI is InChI=1S/C35H34FN7O3/c1-22-8-7-9-23-17-26(20-42-34-31(33(37)38-21-39-34)32(40-42)24-16-25(36)19-27(44)18-24)43(35(45)30(22)23)28-10-3-4-11-29(28)46-15-14-41-12-5-2-6-13-41/h3-4,7-11,16-19,21,44H,2,5-6,12-15,20H2,1H3,(H2,37,38,39). The van der Waals surface area contributed by atoms with Crippen molar-refractivity contribution in [3.63, 3.8) is 0 Å². The molecular weight excluding hydrogens is 585 g/mol. The predicted molar refractivity (Wildman–Crippen MR) is 176 cm³/mol. The highest BCUT2D eigenvalue weighted by molar-refractivity contribution is 5.98. The minimum atomic E-state index is -0.622. The van der Waals surface area contributed by atoms with E-state index in [2.05, 4.69) is 14.9 Å². The number of piperidine rings is 1. The van der Waals surface area contributed by atoms with Crippen LogP contribution in [0.1, 0.15) is 30.5 Å². The Morgan fingerprint density at radius 1 is 0.978 bits per heavy atom. The van der Waals surface area contributed by atoms with Crippen LogP contribution in [0.5, 0.6) is 11.5 Å². The maximum Gasteiger partial charge on any atom is 0.263 e. The Morgan fingerprint density at radius 3 is 2.63 bits per heavy atom. The smallest absolute Gasteiger partial charge is 0.263 e. The highest BCUT2D eigenvalue weighted by Gasteiger charge is 2.22. The lowest BCUT2D eigenvalue weighted by molar-refractivity contribution is 0.183. The Balaban J connectivity index is 1.36. The molecule has 6 aromatic rings. The predicted octanol–water partition coefficient (Wildman–Crippen LogP) is 5.45. The molecule has 10 nitrogen and oxygen atoms in total. The molecule has 0 saturated carbocycles. The molecule has 11 heteroatoms. The van der Waals surface area contributed by atoms with Crippen LogP contribution in [0.15, 0.2) is 77.9 Å². The van der Waals surface area contributed by atoms with Gasteiger partial charge in [-0.25, -0.2) is 19.0 Å². The molecule has 0 atom stereocenters. The first kappa shape index (κ1) is 29.4. The number of ether oxygens (including phenoxy) is 1. The van der Waals surface area contributed by atoms with E-state index in [1.807, 2.05) is 55.5 Å². The van der Waals surface area contributed by atoms with E-state index < -0.39 is 5.82 Å². The normalized spacial score (nSPS) is 13.9. The number of benzene rings is 3. The molecule has 0 amide bonds. The number of phenols is 1. The lowest BCUT2D eigenvalue weighted by Crippen LogP contribution is -2.33. The molecule has 3 N–H and O–H groups in total. The number of hydrogen-bond acceptors (Lipinski definition) is 8. The van der Waals surface area contributed by atoms with Gasteiger partial charge in [-0.05, 0) is 74.1 Å². The lowest BCUT2D eigenvalue weighted by atomic mass is 10.1. The fourth-order valence-electron chi connectivity index (χ4n) is 6.41. The van der Waals surface area contributed by atoms with E-state index in [0.29, 0.717) is 51.4 Å². The van der Waals surface area contributed by atoms with Crippen LogP contribution < -0.4 is 16.0 Å². The quantitative estimate of drug-likeness (QED) is 0.231. The molecule has 4 heterocycles. The maximum absolute atomic E-state index is 14.4. The van der Waals surface area contributed by atoms with Crippen molar-refractivity contribution in [2.24, 2.45) is 0 Å². The van der Waals surface area contributed by atoms with Crippen molar-refractivity contribution in [1.82, 2.24) is 29.2 Å². The van der Waals surface area contributed by atoms with Gasteiger partial charge >= 0.3 is 0 Å². The molecule has 3 aromatic carbocycles. The number of nitrogens with zero attached hydrogens (tertiary/aromatic N) is 6. The minimum absolute atomic E-state index is 0.121. The summed E-state index contributed by atoms with van der Waals surface area (Å²) in [5.74, 6) is -0.106. The number of fused-ring (bicyclic) bond motifs is 2. The Labute approximate surface area is 264 Å². The average molecular weight is 620 g/mol. The zero-order valence-electron chi connectivity index (χ0n) is 25.5. The van der Waals surface area contributed by atoms with Gasteiger partial charge in [0.05, 0.1) is 23.0 Å². The number of para-hydroxylation sites is 2. The second kappa shape index (κ2) is 12.2. The Kier molecular flexibility index (Phi) is 7.83. The molecule has 0 bridgehead atoms. The Bertz CT molecular complexity index is 2120. The molecule has 234 valence electrons. The lowest BCUT2D eigenvalue weighted by Gasteiger charge is -2.26. The van der Waals surface area contributed by atoms with Gasteiger partial charge in [-0.1, -0.05) is 36.8 Å². The second-order valence-electron chi connectivity index (χ2n) is 11.7. The van der Waals surface area contributed by atoms with Gasteiger partial charge in [0, 0.05) is 23.9 Å². The summed E-state index contributed by atoms with van der Waals surface area (Å²) in [5, 5.41) is 16.7. The van der Waals surface area contributed by atoms with Crippen LogP contribution in [-0.2, 0) is 6.54 Å². The van der Waals surface area contributed by atoms with Crippen LogP contribution in [0, 0.1) is 12.7 Å².